The van der Waals surface area contributed by atoms with Gasteiger partial charge in [0.05, 0.1) is 5.56 Å². The average Bonchev–Trinajstić information content (AvgIpc) is 3.49. The Kier molecular flexibility index (Phi) is 3.96. The van der Waals surface area contributed by atoms with Gasteiger partial charge in [-0.1, -0.05) is 18.2 Å². The monoisotopic (exact) mass is 362 g/mol. The number of esters is 3. The molecule has 2 heterocycles. The van der Waals surface area contributed by atoms with Gasteiger partial charge in [0.1, 0.15) is 24.9 Å². The van der Waals surface area contributed by atoms with Crippen LogP contribution in [-0.2, 0) is 33.3 Å². The predicted molar refractivity (Wildman–Crippen MR) is 84.1 cm³/mol. The van der Waals surface area contributed by atoms with Crippen molar-refractivity contribution in [3.8, 4) is 0 Å². The molecular formula is C18H18O8. The average molecular weight is 362 g/mol. The molecule has 0 bridgehead atoms. The lowest BCUT2D eigenvalue weighted by atomic mass is 9.84. The van der Waals surface area contributed by atoms with Crippen molar-refractivity contribution in [3.63, 3.8) is 0 Å². The highest BCUT2D eigenvalue weighted by Gasteiger charge is 2.81. The molecular weight excluding hydrogens is 344 g/mol. The summed E-state index contributed by atoms with van der Waals surface area (Å²) < 4.78 is 27.4. The summed E-state index contributed by atoms with van der Waals surface area (Å²) in [4.78, 5) is 35.2. The lowest BCUT2D eigenvalue weighted by Crippen LogP contribution is -2.55. The number of ether oxygens (including phenoxy) is 5. The number of rotatable bonds is 5. The van der Waals surface area contributed by atoms with Crippen molar-refractivity contribution in [2.45, 2.75) is 50.0 Å². The van der Waals surface area contributed by atoms with Crippen LogP contribution in [0.3, 0.4) is 0 Å². The lowest BCUT2D eigenvalue weighted by molar-refractivity contribution is -0.175. The Labute approximate surface area is 149 Å². The molecule has 0 aromatic heterocycles. The van der Waals surface area contributed by atoms with Crippen molar-refractivity contribution in [2.75, 3.05) is 6.61 Å². The second-order valence-corrected chi connectivity index (χ2v) is 6.60. The number of benzene rings is 1. The molecule has 26 heavy (non-hydrogen) atoms. The minimum Gasteiger partial charge on any atom is -0.459 e. The molecule has 6 atom stereocenters. The molecule has 8 heteroatoms. The Balaban J connectivity index is 1.52. The Morgan fingerprint density at radius 3 is 2.38 bits per heavy atom. The second kappa shape index (κ2) is 6.07. The summed E-state index contributed by atoms with van der Waals surface area (Å²) in [6, 6.07) is 8.52. The molecule has 8 nitrogen and oxygen atoms in total. The molecule has 0 amide bonds. The van der Waals surface area contributed by atoms with Gasteiger partial charge in [-0.15, -0.1) is 0 Å². The van der Waals surface area contributed by atoms with Gasteiger partial charge in [-0.05, 0) is 12.1 Å². The maximum absolute atomic E-state index is 12.2. The van der Waals surface area contributed by atoms with E-state index < -0.39 is 35.7 Å². The van der Waals surface area contributed by atoms with Gasteiger partial charge in [0, 0.05) is 13.8 Å². The highest BCUT2D eigenvalue weighted by Crippen LogP contribution is 2.57. The summed E-state index contributed by atoms with van der Waals surface area (Å²) in [6.07, 6.45) is -2.71. The maximum Gasteiger partial charge on any atom is 0.338 e. The van der Waals surface area contributed by atoms with Crippen LogP contribution in [0.4, 0.5) is 0 Å². The van der Waals surface area contributed by atoms with Gasteiger partial charge in [-0.3, -0.25) is 9.59 Å². The van der Waals surface area contributed by atoms with Crippen molar-refractivity contribution in [1.29, 1.82) is 0 Å². The molecule has 1 saturated carbocycles. The van der Waals surface area contributed by atoms with Gasteiger partial charge in [-0.2, -0.15) is 0 Å². The summed E-state index contributed by atoms with van der Waals surface area (Å²) in [6.45, 7) is 2.39. The third-order valence-corrected chi connectivity index (χ3v) is 4.77. The highest BCUT2D eigenvalue weighted by molar-refractivity contribution is 5.89. The van der Waals surface area contributed by atoms with E-state index in [1.54, 1.807) is 30.3 Å². The number of carbonyl (C=O) groups is 3. The molecule has 0 spiro atoms. The first kappa shape index (κ1) is 17.0. The van der Waals surface area contributed by atoms with E-state index >= 15 is 0 Å². The van der Waals surface area contributed by atoms with Crippen LogP contribution in [0.1, 0.15) is 24.2 Å². The van der Waals surface area contributed by atoms with Gasteiger partial charge >= 0.3 is 17.9 Å². The molecule has 1 aromatic carbocycles. The highest BCUT2D eigenvalue weighted by atomic mass is 16.7. The van der Waals surface area contributed by atoms with Gasteiger partial charge in [0.2, 0.25) is 0 Å². The molecule has 3 fully saturated rings. The molecule has 0 unspecified atom stereocenters. The molecule has 1 aliphatic carbocycles. The Morgan fingerprint density at radius 2 is 1.73 bits per heavy atom. The van der Waals surface area contributed by atoms with Crippen LogP contribution in [-0.4, -0.2) is 60.6 Å². The quantitative estimate of drug-likeness (QED) is 0.427. The summed E-state index contributed by atoms with van der Waals surface area (Å²) >= 11 is 0. The van der Waals surface area contributed by atoms with Crippen molar-refractivity contribution in [3.05, 3.63) is 35.9 Å². The van der Waals surface area contributed by atoms with E-state index in [0.717, 1.165) is 0 Å². The smallest absolute Gasteiger partial charge is 0.338 e. The molecule has 2 aliphatic heterocycles. The third kappa shape index (κ3) is 2.85. The number of fused-ring (bicyclic) bond motifs is 3. The van der Waals surface area contributed by atoms with E-state index in [1.165, 1.54) is 13.8 Å². The minimum absolute atomic E-state index is 0.131. The van der Waals surface area contributed by atoms with Gasteiger partial charge in [0.25, 0.3) is 0 Å². The fourth-order valence-electron chi connectivity index (χ4n) is 3.57. The van der Waals surface area contributed by atoms with Crippen LogP contribution < -0.4 is 0 Å². The summed E-state index contributed by atoms with van der Waals surface area (Å²) in [7, 11) is 0. The fourth-order valence-corrected chi connectivity index (χ4v) is 3.57. The van der Waals surface area contributed by atoms with Crippen LogP contribution in [0, 0.1) is 0 Å². The van der Waals surface area contributed by atoms with Crippen LogP contribution in [0.15, 0.2) is 30.3 Å². The van der Waals surface area contributed by atoms with E-state index in [4.69, 9.17) is 23.7 Å². The molecule has 138 valence electrons. The maximum atomic E-state index is 12.2. The van der Waals surface area contributed by atoms with Crippen molar-refractivity contribution in [1.82, 2.24) is 0 Å². The molecule has 1 aromatic rings. The van der Waals surface area contributed by atoms with Crippen LogP contribution in [0.25, 0.3) is 0 Å². The van der Waals surface area contributed by atoms with Gasteiger partial charge < -0.3 is 23.7 Å². The zero-order valence-corrected chi connectivity index (χ0v) is 14.2. The van der Waals surface area contributed by atoms with Crippen LogP contribution in [0.2, 0.25) is 0 Å². The number of carbonyl (C=O) groups excluding carboxylic acids is 3. The zero-order chi connectivity index (χ0) is 18.5. The first-order valence-electron chi connectivity index (χ1n) is 8.32. The second-order valence-electron chi connectivity index (χ2n) is 6.60. The van der Waals surface area contributed by atoms with Gasteiger partial charge in [-0.25, -0.2) is 4.79 Å². The van der Waals surface area contributed by atoms with Crippen molar-refractivity contribution in [2.24, 2.45) is 0 Å². The summed E-state index contributed by atoms with van der Waals surface area (Å²) in [5.74, 6) is -1.58. The molecule has 4 rings (SSSR count). The van der Waals surface area contributed by atoms with Crippen molar-refractivity contribution >= 4 is 17.9 Å². The van der Waals surface area contributed by atoms with E-state index in [0.29, 0.717) is 5.56 Å². The van der Waals surface area contributed by atoms with E-state index in [9.17, 15) is 14.4 Å². The Hall–Kier alpha value is -2.45. The van der Waals surface area contributed by atoms with Crippen molar-refractivity contribution < 1.29 is 38.1 Å². The zero-order valence-electron chi connectivity index (χ0n) is 14.2. The topological polar surface area (TPSA) is 104 Å². The molecule has 2 saturated heterocycles. The minimum atomic E-state index is -1.06. The Morgan fingerprint density at radius 1 is 1.04 bits per heavy atom. The first-order chi connectivity index (χ1) is 12.4. The number of hydrogen-bond acceptors (Lipinski definition) is 8. The number of hydrogen-bond donors (Lipinski definition) is 0. The molecule has 0 radical (unpaired) electrons. The van der Waals surface area contributed by atoms with Gasteiger partial charge in [0.15, 0.2) is 17.8 Å². The lowest BCUT2D eigenvalue weighted by Gasteiger charge is -2.32. The first-order valence-corrected chi connectivity index (χ1v) is 8.32. The number of epoxide rings is 2. The van der Waals surface area contributed by atoms with Crippen LogP contribution >= 0.6 is 0 Å². The van der Waals surface area contributed by atoms with E-state index in [1.807, 2.05) is 0 Å². The third-order valence-electron chi connectivity index (χ3n) is 4.77. The van der Waals surface area contributed by atoms with E-state index in [-0.39, 0.29) is 24.9 Å². The standard InChI is InChI=1S/C18H18O8/c1-9(19)23-13-12-14(25-12)16-18(26-16,15(13)24-10(2)20)8-22-17(21)11-6-4-3-5-7-11/h3-7,12-16H,8H2,1-2H3/t12-,13+,14-,15-,16-,18+/m0/s1. The normalized spacial score (nSPS) is 36.2. The van der Waals surface area contributed by atoms with E-state index in [2.05, 4.69) is 0 Å². The molecule has 3 aliphatic rings. The Bertz CT molecular complexity index is 747. The fraction of sp³-hybridized carbons (Fsp3) is 0.500. The molecule has 0 N–H and O–H groups in total. The largest absolute Gasteiger partial charge is 0.459 e. The summed E-state index contributed by atoms with van der Waals surface area (Å²) in [5, 5.41) is 0. The SMILES string of the molecule is CC(=O)O[C@@H]1[C@@H]2O[C@@H]2[C@@H]2O[C@]2(COC(=O)c2ccccc2)[C@H]1OC(C)=O. The predicted octanol–water partition coefficient (Wildman–Crippen LogP) is 0.625. The van der Waals surface area contributed by atoms with Crippen LogP contribution in [0.5, 0.6) is 0 Å². The summed E-state index contributed by atoms with van der Waals surface area (Å²) in [5.41, 5.74) is -0.661.